The third-order valence-corrected chi connectivity index (χ3v) is 2.93. The zero-order chi connectivity index (χ0) is 13.0. The Labute approximate surface area is 114 Å². The molecule has 4 nitrogen and oxygen atoms in total. The second-order valence-corrected chi connectivity index (χ2v) is 4.67. The summed E-state index contributed by atoms with van der Waals surface area (Å²) in [4.78, 5) is 4.11. The van der Waals surface area contributed by atoms with E-state index in [0.717, 1.165) is 10.0 Å². The van der Waals surface area contributed by atoms with E-state index in [0.29, 0.717) is 23.6 Å². The predicted molar refractivity (Wildman–Crippen MR) is 74.8 cm³/mol. The van der Waals surface area contributed by atoms with Crippen molar-refractivity contribution in [2.75, 3.05) is 11.1 Å². The lowest BCUT2D eigenvalue weighted by Crippen LogP contribution is -2.04. The summed E-state index contributed by atoms with van der Waals surface area (Å²) in [6.45, 7) is 0.610. The Kier molecular flexibility index (Phi) is 3.80. The molecule has 0 unspecified atom stereocenters. The van der Waals surface area contributed by atoms with Crippen molar-refractivity contribution in [1.82, 2.24) is 4.98 Å². The number of nitrogens with one attached hydrogen (secondary N) is 1. The summed E-state index contributed by atoms with van der Waals surface area (Å²) in [5, 5.41) is 12.1. The molecule has 3 N–H and O–H groups in total. The molecule has 90 valence electrons. The Morgan fingerprint density at radius 1 is 1.33 bits per heavy atom. The molecule has 0 spiro atoms. The van der Waals surface area contributed by atoms with Crippen LogP contribution in [0.25, 0.3) is 0 Å². The summed E-state index contributed by atoms with van der Waals surface area (Å²) in [7, 11) is 0. The predicted octanol–water partition coefficient (Wildman–Crippen LogP) is 2.91. The van der Waals surface area contributed by atoms with E-state index < -0.39 is 0 Å². The maximum Gasteiger partial charge on any atom is 0.144 e. The number of pyridine rings is 1. The topological polar surface area (TPSA) is 74.7 Å². The molecule has 0 saturated heterocycles. The maximum absolute atomic E-state index is 8.98. The van der Waals surface area contributed by atoms with Gasteiger partial charge < -0.3 is 11.1 Å². The van der Waals surface area contributed by atoms with Crippen molar-refractivity contribution in [3.8, 4) is 6.07 Å². The molecule has 0 aliphatic rings. The highest BCUT2D eigenvalue weighted by molar-refractivity contribution is 9.10. The fourth-order valence-corrected chi connectivity index (χ4v) is 1.76. The van der Waals surface area contributed by atoms with Gasteiger partial charge in [-0.25, -0.2) is 4.98 Å². The van der Waals surface area contributed by atoms with Gasteiger partial charge in [-0.1, -0.05) is 28.1 Å². The van der Waals surface area contributed by atoms with Crippen LogP contribution in [0.4, 0.5) is 11.5 Å². The van der Waals surface area contributed by atoms with E-state index in [1.165, 1.54) is 6.20 Å². The van der Waals surface area contributed by atoms with Crippen molar-refractivity contribution in [3.63, 3.8) is 0 Å². The number of benzene rings is 1. The highest BCUT2D eigenvalue weighted by Crippen LogP contribution is 2.16. The fraction of sp³-hybridized carbons (Fsp3) is 0.0769. The van der Waals surface area contributed by atoms with Gasteiger partial charge in [0.1, 0.15) is 11.9 Å². The Hall–Kier alpha value is -2.06. The highest BCUT2D eigenvalue weighted by Gasteiger charge is 2.03. The molecule has 2 rings (SSSR count). The first-order valence-corrected chi connectivity index (χ1v) is 6.12. The minimum Gasteiger partial charge on any atom is -0.397 e. The van der Waals surface area contributed by atoms with Gasteiger partial charge in [0.2, 0.25) is 0 Å². The summed E-state index contributed by atoms with van der Waals surface area (Å²) >= 11 is 3.38. The number of aromatic nitrogens is 1. The van der Waals surface area contributed by atoms with Crippen LogP contribution in [0.5, 0.6) is 0 Å². The number of halogens is 1. The third kappa shape index (κ3) is 2.99. The van der Waals surface area contributed by atoms with Crippen LogP contribution < -0.4 is 11.1 Å². The molecule has 0 amide bonds. The summed E-state index contributed by atoms with van der Waals surface area (Å²) in [6.07, 6.45) is 1.53. The van der Waals surface area contributed by atoms with Gasteiger partial charge >= 0.3 is 0 Å². The monoisotopic (exact) mass is 302 g/mol. The van der Waals surface area contributed by atoms with Crippen LogP contribution in [0.3, 0.4) is 0 Å². The van der Waals surface area contributed by atoms with Gasteiger partial charge in [0.25, 0.3) is 0 Å². The Morgan fingerprint density at radius 2 is 2.06 bits per heavy atom. The molecular weight excluding hydrogens is 292 g/mol. The third-order valence-electron chi connectivity index (χ3n) is 2.40. The van der Waals surface area contributed by atoms with E-state index in [9.17, 15) is 0 Å². The number of hydrogen-bond acceptors (Lipinski definition) is 4. The Morgan fingerprint density at radius 3 is 2.72 bits per heavy atom. The Balaban J connectivity index is 2.11. The molecule has 1 aromatic carbocycles. The number of nitrogen functional groups attached to an aromatic ring is 1. The van der Waals surface area contributed by atoms with E-state index in [-0.39, 0.29) is 0 Å². The van der Waals surface area contributed by atoms with Crippen molar-refractivity contribution < 1.29 is 0 Å². The van der Waals surface area contributed by atoms with Crippen LogP contribution in [0, 0.1) is 11.3 Å². The molecule has 1 aromatic heterocycles. The smallest absolute Gasteiger partial charge is 0.144 e. The number of nitriles is 1. The zero-order valence-corrected chi connectivity index (χ0v) is 11.1. The first kappa shape index (κ1) is 12.4. The zero-order valence-electron chi connectivity index (χ0n) is 9.52. The quantitative estimate of drug-likeness (QED) is 0.914. The first-order valence-electron chi connectivity index (χ1n) is 5.33. The van der Waals surface area contributed by atoms with Gasteiger partial charge in [-0.15, -0.1) is 0 Å². The average molecular weight is 303 g/mol. The number of nitrogens with two attached hydrogens (primary N) is 1. The maximum atomic E-state index is 8.98. The lowest BCUT2D eigenvalue weighted by molar-refractivity contribution is 1.11. The molecule has 0 aliphatic heterocycles. The normalized spacial score (nSPS) is 9.78. The molecular formula is C13H11BrN4. The molecule has 18 heavy (non-hydrogen) atoms. The largest absolute Gasteiger partial charge is 0.397 e. The Bertz CT molecular complexity index is 587. The van der Waals surface area contributed by atoms with Gasteiger partial charge in [-0.2, -0.15) is 5.26 Å². The standard InChI is InChI=1S/C13H11BrN4/c14-11-3-1-9(2-4-11)7-17-13-10(6-15)5-12(16)8-18-13/h1-5,8H,7,16H2,(H,17,18). The van der Waals surface area contributed by atoms with Gasteiger partial charge in [0.15, 0.2) is 0 Å². The van der Waals surface area contributed by atoms with Crippen LogP contribution in [0.1, 0.15) is 11.1 Å². The molecule has 0 atom stereocenters. The van der Waals surface area contributed by atoms with Crippen LogP contribution in [0.2, 0.25) is 0 Å². The molecule has 0 fully saturated rings. The van der Waals surface area contributed by atoms with Gasteiger partial charge in [-0.3, -0.25) is 0 Å². The lowest BCUT2D eigenvalue weighted by atomic mass is 10.2. The van der Waals surface area contributed by atoms with Crippen LogP contribution in [-0.4, -0.2) is 4.98 Å². The molecule has 0 aliphatic carbocycles. The fourth-order valence-electron chi connectivity index (χ4n) is 1.50. The van der Waals surface area contributed by atoms with Crippen LogP contribution >= 0.6 is 15.9 Å². The number of anilines is 2. The van der Waals surface area contributed by atoms with Crippen LogP contribution in [0.15, 0.2) is 41.0 Å². The summed E-state index contributed by atoms with van der Waals surface area (Å²) in [5.74, 6) is 0.551. The van der Waals surface area contributed by atoms with E-state index in [1.54, 1.807) is 6.07 Å². The van der Waals surface area contributed by atoms with E-state index in [4.69, 9.17) is 11.0 Å². The molecule has 0 radical (unpaired) electrons. The molecule has 2 aromatic rings. The number of rotatable bonds is 3. The molecule has 0 bridgehead atoms. The average Bonchev–Trinajstić information content (AvgIpc) is 2.39. The first-order chi connectivity index (χ1) is 8.69. The minimum absolute atomic E-state index is 0.451. The number of nitrogens with zero attached hydrogens (tertiary/aromatic N) is 2. The number of hydrogen-bond donors (Lipinski definition) is 2. The van der Waals surface area contributed by atoms with Crippen molar-refractivity contribution >= 4 is 27.4 Å². The van der Waals surface area contributed by atoms with Gasteiger partial charge in [0, 0.05) is 11.0 Å². The molecule has 0 saturated carbocycles. The van der Waals surface area contributed by atoms with Gasteiger partial charge in [-0.05, 0) is 23.8 Å². The summed E-state index contributed by atoms with van der Waals surface area (Å²) < 4.78 is 1.04. The van der Waals surface area contributed by atoms with Gasteiger partial charge in [0.05, 0.1) is 17.4 Å². The second kappa shape index (κ2) is 5.52. The second-order valence-electron chi connectivity index (χ2n) is 3.76. The van der Waals surface area contributed by atoms with Crippen molar-refractivity contribution in [3.05, 3.63) is 52.1 Å². The van der Waals surface area contributed by atoms with E-state index >= 15 is 0 Å². The summed E-state index contributed by atoms with van der Waals surface area (Å²) in [5.41, 5.74) is 7.63. The van der Waals surface area contributed by atoms with E-state index in [2.05, 4.69) is 32.3 Å². The lowest BCUT2D eigenvalue weighted by Gasteiger charge is -2.07. The SMILES string of the molecule is N#Cc1cc(N)cnc1NCc1ccc(Br)cc1. The summed E-state index contributed by atoms with van der Waals surface area (Å²) in [6, 6.07) is 11.6. The highest BCUT2D eigenvalue weighted by atomic mass is 79.9. The molecule has 1 heterocycles. The van der Waals surface area contributed by atoms with Crippen molar-refractivity contribution in [2.24, 2.45) is 0 Å². The van der Waals surface area contributed by atoms with Crippen molar-refractivity contribution in [2.45, 2.75) is 6.54 Å². The van der Waals surface area contributed by atoms with Crippen LogP contribution in [-0.2, 0) is 6.54 Å². The van der Waals surface area contributed by atoms with Crippen molar-refractivity contribution in [1.29, 1.82) is 5.26 Å². The molecule has 5 heteroatoms. The van der Waals surface area contributed by atoms with E-state index in [1.807, 2.05) is 24.3 Å². The minimum atomic E-state index is 0.451.